The van der Waals surface area contributed by atoms with E-state index in [4.69, 9.17) is 0 Å². The summed E-state index contributed by atoms with van der Waals surface area (Å²) < 4.78 is 0. The molecule has 0 aromatic rings. The highest BCUT2D eigenvalue weighted by molar-refractivity contribution is 7.78. The van der Waals surface area contributed by atoms with Crippen molar-refractivity contribution in [2.75, 3.05) is 0 Å². The number of rotatable bonds is 5. The van der Waals surface area contributed by atoms with Crippen molar-refractivity contribution in [1.29, 1.82) is 0 Å². The Bertz CT molecular complexity index is 283. The minimum absolute atomic E-state index is 0.276. The molecule has 14 heavy (non-hydrogen) atoms. The van der Waals surface area contributed by atoms with Crippen molar-refractivity contribution in [2.24, 2.45) is 9.98 Å². The Labute approximate surface area is 92.1 Å². The van der Waals surface area contributed by atoms with Crippen molar-refractivity contribution in [2.45, 2.75) is 25.7 Å². The van der Waals surface area contributed by atoms with Gasteiger partial charge in [0.25, 0.3) is 11.8 Å². The highest BCUT2D eigenvalue weighted by Gasteiger charge is 2.01. The number of isothiocyanates is 2. The first-order chi connectivity index (χ1) is 6.70. The average molecular weight is 228 g/mol. The van der Waals surface area contributed by atoms with Crippen LogP contribution in [-0.2, 0) is 9.59 Å². The monoisotopic (exact) mass is 228 g/mol. The second-order valence-electron chi connectivity index (χ2n) is 2.40. The average Bonchev–Trinajstić information content (AvgIpc) is 2.13. The summed E-state index contributed by atoms with van der Waals surface area (Å²) in [5, 5.41) is 3.97. The van der Waals surface area contributed by atoms with Crippen molar-refractivity contribution >= 4 is 46.6 Å². The van der Waals surface area contributed by atoms with Crippen LogP contribution in [0.15, 0.2) is 9.98 Å². The van der Waals surface area contributed by atoms with Gasteiger partial charge in [-0.3, -0.25) is 9.59 Å². The molecular formula is C8H8N2O2S2. The van der Waals surface area contributed by atoms with E-state index in [1.165, 1.54) is 0 Å². The van der Waals surface area contributed by atoms with Crippen LogP contribution in [0.1, 0.15) is 25.7 Å². The fraction of sp³-hybridized carbons (Fsp3) is 0.500. The van der Waals surface area contributed by atoms with Crippen LogP contribution in [0, 0.1) is 0 Å². The Hall–Kier alpha value is -1.06. The van der Waals surface area contributed by atoms with E-state index in [0.717, 1.165) is 0 Å². The molecule has 0 heterocycles. The van der Waals surface area contributed by atoms with Crippen LogP contribution in [0.2, 0.25) is 0 Å². The summed E-state index contributed by atoms with van der Waals surface area (Å²) >= 11 is 8.51. The van der Waals surface area contributed by atoms with Crippen molar-refractivity contribution in [1.82, 2.24) is 0 Å². The third-order valence-corrected chi connectivity index (χ3v) is 1.55. The molecule has 0 atom stereocenters. The van der Waals surface area contributed by atoms with E-state index >= 15 is 0 Å². The van der Waals surface area contributed by atoms with E-state index in [9.17, 15) is 9.59 Å². The van der Waals surface area contributed by atoms with Crippen LogP contribution >= 0.6 is 24.4 Å². The fourth-order valence-electron chi connectivity index (χ4n) is 0.766. The van der Waals surface area contributed by atoms with Gasteiger partial charge in [-0.05, 0) is 37.3 Å². The Morgan fingerprint density at radius 3 is 1.57 bits per heavy atom. The van der Waals surface area contributed by atoms with Gasteiger partial charge in [-0.15, -0.1) is 0 Å². The number of hydrogen-bond acceptors (Lipinski definition) is 4. The van der Waals surface area contributed by atoms with Gasteiger partial charge in [0.15, 0.2) is 0 Å². The predicted molar refractivity (Wildman–Crippen MR) is 58.5 cm³/mol. The van der Waals surface area contributed by atoms with E-state index in [-0.39, 0.29) is 24.7 Å². The SMILES string of the molecule is O=C(CCCCC(=O)N=C=S)N=C=S. The second-order valence-corrected chi connectivity index (χ2v) is 2.77. The molecule has 0 rings (SSSR count). The molecule has 0 bridgehead atoms. The summed E-state index contributed by atoms with van der Waals surface area (Å²) in [7, 11) is 0. The maximum Gasteiger partial charge on any atom is 0.254 e. The van der Waals surface area contributed by atoms with E-state index in [1.54, 1.807) is 0 Å². The van der Waals surface area contributed by atoms with E-state index < -0.39 is 0 Å². The van der Waals surface area contributed by atoms with Crippen LogP contribution in [0.25, 0.3) is 0 Å². The zero-order chi connectivity index (χ0) is 10.8. The Morgan fingerprint density at radius 2 is 1.29 bits per heavy atom. The van der Waals surface area contributed by atoms with Gasteiger partial charge in [-0.2, -0.15) is 9.98 Å². The summed E-state index contributed by atoms with van der Waals surface area (Å²) in [6.07, 6.45) is 1.71. The molecule has 6 heteroatoms. The zero-order valence-electron chi connectivity index (χ0n) is 7.36. The topological polar surface area (TPSA) is 58.9 Å². The molecule has 4 nitrogen and oxygen atoms in total. The number of unbranched alkanes of at least 4 members (excludes halogenated alkanes) is 1. The zero-order valence-corrected chi connectivity index (χ0v) is 8.99. The first-order valence-corrected chi connectivity index (χ1v) is 4.73. The number of nitrogens with zero attached hydrogens (tertiary/aromatic N) is 2. The quantitative estimate of drug-likeness (QED) is 0.409. The van der Waals surface area contributed by atoms with Gasteiger partial charge in [0.2, 0.25) is 0 Å². The predicted octanol–water partition coefficient (Wildman–Crippen LogP) is 1.81. The molecular weight excluding hydrogens is 220 g/mol. The Kier molecular flexibility index (Phi) is 7.89. The molecule has 0 unspecified atom stereocenters. The van der Waals surface area contributed by atoms with Crippen LogP contribution < -0.4 is 0 Å². The van der Waals surface area contributed by atoms with Gasteiger partial charge in [0, 0.05) is 12.8 Å². The van der Waals surface area contributed by atoms with E-state index in [2.05, 4.69) is 34.4 Å². The molecule has 0 fully saturated rings. The minimum Gasteiger partial charge on any atom is -0.272 e. The highest BCUT2D eigenvalue weighted by Crippen LogP contribution is 2.01. The van der Waals surface area contributed by atoms with Gasteiger partial charge in [-0.25, -0.2) is 0 Å². The lowest BCUT2D eigenvalue weighted by Gasteiger charge is -1.93. The van der Waals surface area contributed by atoms with Crippen LogP contribution in [0.5, 0.6) is 0 Å². The lowest BCUT2D eigenvalue weighted by Crippen LogP contribution is -1.95. The molecule has 0 aliphatic carbocycles. The third-order valence-electron chi connectivity index (χ3n) is 1.37. The van der Waals surface area contributed by atoms with E-state index in [0.29, 0.717) is 12.8 Å². The summed E-state index contributed by atoms with van der Waals surface area (Å²) in [5.74, 6) is -0.628. The van der Waals surface area contributed by atoms with Gasteiger partial charge in [0.05, 0.1) is 10.3 Å². The maximum atomic E-state index is 10.8. The molecule has 0 radical (unpaired) electrons. The first kappa shape index (κ1) is 12.9. The molecule has 74 valence electrons. The number of aliphatic imine (C=N–C) groups is 2. The number of carbonyl (C=O) groups is 2. The van der Waals surface area contributed by atoms with Crippen molar-refractivity contribution in [3.8, 4) is 0 Å². The number of carbonyl (C=O) groups excluding carboxylic acids is 2. The van der Waals surface area contributed by atoms with E-state index in [1.807, 2.05) is 10.3 Å². The Morgan fingerprint density at radius 1 is 0.929 bits per heavy atom. The second kappa shape index (κ2) is 8.53. The standard InChI is InChI=1S/C8H8N2O2S2/c11-7(9-5-13)3-1-2-4-8(12)10-6-14/h1-4H2. The normalized spacial score (nSPS) is 8.29. The Balaban J connectivity index is 3.56. The molecule has 0 aromatic carbocycles. The maximum absolute atomic E-state index is 10.8. The summed E-state index contributed by atoms with van der Waals surface area (Å²) in [6, 6.07) is 0. The van der Waals surface area contributed by atoms with Crippen LogP contribution in [0.3, 0.4) is 0 Å². The molecule has 0 aliphatic heterocycles. The molecule has 0 spiro atoms. The third kappa shape index (κ3) is 7.58. The van der Waals surface area contributed by atoms with Crippen molar-refractivity contribution in [3.05, 3.63) is 0 Å². The lowest BCUT2D eigenvalue weighted by molar-refractivity contribution is -0.119. The first-order valence-electron chi connectivity index (χ1n) is 3.92. The molecule has 0 aliphatic rings. The number of amides is 2. The highest BCUT2D eigenvalue weighted by atomic mass is 32.1. The molecule has 0 saturated heterocycles. The molecule has 0 saturated carbocycles. The van der Waals surface area contributed by atoms with Gasteiger partial charge in [0.1, 0.15) is 0 Å². The van der Waals surface area contributed by atoms with Crippen LogP contribution in [0.4, 0.5) is 0 Å². The summed E-state index contributed by atoms with van der Waals surface area (Å²) in [5.41, 5.74) is 0. The molecule has 0 N–H and O–H groups in total. The van der Waals surface area contributed by atoms with Gasteiger partial charge < -0.3 is 0 Å². The minimum atomic E-state index is -0.314. The molecule has 0 aromatic heterocycles. The van der Waals surface area contributed by atoms with Gasteiger partial charge in [-0.1, -0.05) is 0 Å². The largest absolute Gasteiger partial charge is 0.272 e. The fourth-order valence-corrected chi connectivity index (χ4v) is 0.970. The number of hydrogen-bond donors (Lipinski definition) is 0. The van der Waals surface area contributed by atoms with Crippen molar-refractivity contribution < 1.29 is 9.59 Å². The smallest absolute Gasteiger partial charge is 0.254 e. The number of thiocarbonyl (C=S) groups is 2. The van der Waals surface area contributed by atoms with Gasteiger partial charge >= 0.3 is 0 Å². The van der Waals surface area contributed by atoms with Crippen LogP contribution in [-0.4, -0.2) is 22.1 Å². The lowest BCUT2D eigenvalue weighted by atomic mass is 10.2. The molecule has 2 amide bonds. The summed E-state index contributed by atoms with van der Waals surface area (Å²) in [4.78, 5) is 28.1. The summed E-state index contributed by atoms with van der Waals surface area (Å²) in [6.45, 7) is 0. The van der Waals surface area contributed by atoms with Crippen molar-refractivity contribution in [3.63, 3.8) is 0 Å².